The van der Waals surface area contributed by atoms with Crippen molar-refractivity contribution in [3.8, 4) is 5.75 Å². The normalized spacial score (nSPS) is 12.5. The van der Waals surface area contributed by atoms with E-state index in [1.165, 1.54) is 18.5 Å². The molecule has 0 spiro atoms. The van der Waals surface area contributed by atoms with Crippen LogP contribution in [-0.4, -0.2) is 37.0 Å². The summed E-state index contributed by atoms with van der Waals surface area (Å²) in [6.07, 6.45) is 2.72. The Morgan fingerprint density at radius 1 is 1.29 bits per heavy atom. The van der Waals surface area contributed by atoms with Gasteiger partial charge in [-0.1, -0.05) is 31.2 Å². The van der Waals surface area contributed by atoms with Crippen LogP contribution in [-0.2, 0) is 6.54 Å². The number of pyridine rings is 1. The number of aromatic hydroxyl groups is 1. The minimum absolute atomic E-state index is 0.0361. The zero-order chi connectivity index (χ0) is 17.1. The molecule has 1 atom stereocenters. The monoisotopic (exact) mass is 325 g/mol. The van der Waals surface area contributed by atoms with Crippen LogP contribution in [0.4, 0.5) is 0 Å². The van der Waals surface area contributed by atoms with Gasteiger partial charge in [0.15, 0.2) is 0 Å². The third-order valence-corrected chi connectivity index (χ3v) is 3.90. The summed E-state index contributed by atoms with van der Waals surface area (Å²) in [7, 11) is 0. The van der Waals surface area contributed by atoms with E-state index in [2.05, 4.69) is 20.6 Å². The Labute approximate surface area is 139 Å². The number of fused-ring (bicyclic) bond motifs is 1. The van der Waals surface area contributed by atoms with Crippen LogP contribution in [0.3, 0.4) is 0 Å². The topological polar surface area (TPSA) is 92.9 Å². The fourth-order valence-electron chi connectivity index (χ4n) is 2.47. The maximum Gasteiger partial charge on any atom is 0.253 e. The smallest absolute Gasteiger partial charge is 0.253 e. The number of carbonyl (C=O) groups is 1. The summed E-state index contributed by atoms with van der Waals surface area (Å²) in [6.45, 7) is 4.58. The lowest BCUT2D eigenvalue weighted by Gasteiger charge is -2.22. The molecule has 7 nitrogen and oxygen atoms in total. The number of nitrogens with zero attached hydrogens (tertiary/aromatic N) is 4. The van der Waals surface area contributed by atoms with E-state index in [4.69, 9.17) is 0 Å². The number of rotatable bonds is 5. The third kappa shape index (κ3) is 3.34. The molecular weight excluding hydrogens is 306 g/mol. The van der Waals surface area contributed by atoms with Gasteiger partial charge in [-0.3, -0.25) is 9.78 Å². The summed E-state index contributed by atoms with van der Waals surface area (Å²) >= 11 is 0. The van der Waals surface area contributed by atoms with Crippen molar-refractivity contribution in [2.24, 2.45) is 5.92 Å². The van der Waals surface area contributed by atoms with Crippen LogP contribution in [0.5, 0.6) is 5.75 Å². The lowest BCUT2D eigenvalue weighted by atomic mass is 10.0. The first-order valence-corrected chi connectivity index (χ1v) is 7.77. The highest BCUT2D eigenvalue weighted by atomic mass is 16.3. The van der Waals surface area contributed by atoms with Crippen molar-refractivity contribution in [1.29, 1.82) is 0 Å². The van der Waals surface area contributed by atoms with Gasteiger partial charge in [-0.05, 0) is 24.1 Å². The van der Waals surface area contributed by atoms with E-state index in [9.17, 15) is 9.90 Å². The average molecular weight is 325 g/mol. The molecule has 2 N–H and O–H groups in total. The van der Waals surface area contributed by atoms with Crippen molar-refractivity contribution < 1.29 is 9.90 Å². The van der Waals surface area contributed by atoms with Crippen LogP contribution in [0.1, 0.15) is 24.2 Å². The Bertz CT molecular complexity index is 859. The molecule has 0 aliphatic carbocycles. The van der Waals surface area contributed by atoms with Crippen LogP contribution in [0, 0.1) is 5.92 Å². The third-order valence-electron chi connectivity index (χ3n) is 3.90. The van der Waals surface area contributed by atoms with Crippen molar-refractivity contribution in [3.63, 3.8) is 0 Å². The van der Waals surface area contributed by atoms with Crippen LogP contribution in [0.25, 0.3) is 11.0 Å². The van der Waals surface area contributed by atoms with Gasteiger partial charge in [0.1, 0.15) is 11.3 Å². The molecule has 2 aromatic heterocycles. The summed E-state index contributed by atoms with van der Waals surface area (Å²) < 4.78 is 1.79. The zero-order valence-electron chi connectivity index (χ0n) is 13.5. The maximum absolute atomic E-state index is 12.4. The van der Waals surface area contributed by atoms with Crippen molar-refractivity contribution in [2.75, 3.05) is 0 Å². The average Bonchev–Trinajstić information content (AvgIpc) is 2.97. The van der Waals surface area contributed by atoms with Gasteiger partial charge in [-0.15, -0.1) is 5.10 Å². The fraction of sp³-hybridized carbons (Fsp3) is 0.294. The highest BCUT2D eigenvalue weighted by molar-refractivity contribution is 5.94. The van der Waals surface area contributed by atoms with E-state index >= 15 is 0 Å². The Morgan fingerprint density at radius 3 is 2.83 bits per heavy atom. The second kappa shape index (κ2) is 6.66. The number of amides is 1. The molecular formula is C17H19N5O2. The first-order valence-electron chi connectivity index (χ1n) is 7.77. The molecule has 2 heterocycles. The van der Waals surface area contributed by atoms with E-state index < -0.39 is 0 Å². The lowest BCUT2D eigenvalue weighted by molar-refractivity contribution is 0.0918. The molecule has 7 heteroatoms. The van der Waals surface area contributed by atoms with Crippen LogP contribution in [0.15, 0.2) is 42.7 Å². The standard InChI is InChI=1S/C17H19N5O2/c1-11(2)15(19-17(24)12-7-13(23)9-18-8-12)10-22-16-6-4-3-5-14(16)20-21-22/h3-9,11,15,23H,10H2,1-2H3,(H,19,24)/t15-/m1/s1. The van der Waals surface area contributed by atoms with Gasteiger partial charge in [-0.25, -0.2) is 4.68 Å². The minimum Gasteiger partial charge on any atom is -0.506 e. The number of hydrogen-bond acceptors (Lipinski definition) is 5. The van der Waals surface area contributed by atoms with Gasteiger partial charge < -0.3 is 10.4 Å². The van der Waals surface area contributed by atoms with Crippen molar-refractivity contribution >= 4 is 16.9 Å². The molecule has 1 amide bonds. The Kier molecular flexibility index (Phi) is 4.41. The Balaban J connectivity index is 1.79. The van der Waals surface area contributed by atoms with Crippen LogP contribution in [0.2, 0.25) is 0 Å². The summed E-state index contributed by atoms with van der Waals surface area (Å²) in [5, 5.41) is 20.8. The predicted octanol–water partition coefficient (Wildman–Crippen LogP) is 1.99. The number of aromatic nitrogens is 4. The molecule has 124 valence electrons. The van der Waals surface area contributed by atoms with Crippen LogP contribution >= 0.6 is 0 Å². The summed E-state index contributed by atoms with van der Waals surface area (Å²) in [4.78, 5) is 16.2. The van der Waals surface area contributed by atoms with Gasteiger partial charge in [0.2, 0.25) is 0 Å². The zero-order valence-corrected chi connectivity index (χ0v) is 13.5. The first kappa shape index (κ1) is 15.9. The number of carbonyl (C=O) groups excluding carboxylic acids is 1. The molecule has 0 saturated carbocycles. The molecule has 0 unspecified atom stereocenters. The second-order valence-electron chi connectivity index (χ2n) is 6.02. The molecule has 0 saturated heterocycles. The molecule has 0 fully saturated rings. The molecule has 0 bridgehead atoms. The second-order valence-corrected chi connectivity index (χ2v) is 6.02. The van der Waals surface area contributed by atoms with Crippen molar-refractivity contribution in [2.45, 2.75) is 26.4 Å². The molecule has 1 aromatic carbocycles. The molecule has 3 rings (SSSR count). The molecule has 24 heavy (non-hydrogen) atoms. The highest BCUT2D eigenvalue weighted by Gasteiger charge is 2.20. The molecule has 0 radical (unpaired) electrons. The van der Waals surface area contributed by atoms with Crippen molar-refractivity contribution in [3.05, 3.63) is 48.3 Å². The fourth-order valence-corrected chi connectivity index (χ4v) is 2.47. The number of nitrogens with one attached hydrogen (secondary N) is 1. The van der Waals surface area contributed by atoms with Crippen LogP contribution < -0.4 is 5.32 Å². The minimum atomic E-state index is -0.276. The predicted molar refractivity (Wildman–Crippen MR) is 89.5 cm³/mol. The molecule has 3 aromatic rings. The summed E-state index contributed by atoms with van der Waals surface area (Å²) in [5.41, 5.74) is 2.07. The lowest BCUT2D eigenvalue weighted by Crippen LogP contribution is -2.41. The Morgan fingerprint density at radius 2 is 2.08 bits per heavy atom. The molecule has 0 aliphatic rings. The van der Waals surface area contributed by atoms with Crippen molar-refractivity contribution in [1.82, 2.24) is 25.3 Å². The Hall–Kier alpha value is -2.96. The van der Waals surface area contributed by atoms with E-state index in [0.717, 1.165) is 11.0 Å². The van der Waals surface area contributed by atoms with E-state index in [0.29, 0.717) is 12.1 Å². The van der Waals surface area contributed by atoms with E-state index in [1.807, 2.05) is 38.1 Å². The van der Waals surface area contributed by atoms with E-state index in [1.54, 1.807) is 4.68 Å². The maximum atomic E-state index is 12.4. The van der Waals surface area contributed by atoms with E-state index in [-0.39, 0.29) is 23.6 Å². The SMILES string of the molecule is CC(C)[C@@H](Cn1nnc2ccccc21)NC(=O)c1cncc(O)c1. The quantitative estimate of drug-likeness (QED) is 0.748. The van der Waals surface area contributed by atoms with Gasteiger partial charge >= 0.3 is 0 Å². The highest BCUT2D eigenvalue weighted by Crippen LogP contribution is 2.14. The first-order chi connectivity index (χ1) is 11.5. The number of benzene rings is 1. The van der Waals surface area contributed by atoms with Gasteiger partial charge in [0.25, 0.3) is 5.91 Å². The summed E-state index contributed by atoms with van der Waals surface area (Å²) in [6, 6.07) is 8.96. The van der Waals surface area contributed by atoms with Gasteiger partial charge in [0.05, 0.1) is 29.9 Å². The summed E-state index contributed by atoms with van der Waals surface area (Å²) in [5.74, 6) is -0.116. The van der Waals surface area contributed by atoms with Gasteiger partial charge in [-0.2, -0.15) is 0 Å². The number of para-hydroxylation sites is 1. The number of hydrogen-bond donors (Lipinski definition) is 2. The van der Waals surface area contributed by atoms with Gasteiger partial charge in [0, 0.05) is 6.20 Å². The largest absolute Gasteiger partial charge is 0.506 e. The molecule has 0 aliphatic heterocycles.